The first-order valence-electron chi connectivity index (χ1n) is 10.2. The zero-order valence-electron chi connectivity index (χ0n) is 17.4. The number of aromatic nitrogens is 2. The van der Waals surface area contributed by atoms with Gasteiger partial charge >= 0.3 is 5.97 Å². The highest BCUT2D eigenvalue weighted by atomic mass is 32.2. The maximum Gasteiger partial charge on any atom is 0.338 e. The Kier molecular flexibility index (Phi) is 6.77. The molecule has 0 aliphatic heterocycles. The predicted octanol–water partition coefficient (Wildman–Crippen LogP) is 5.20. The summed E-state index contributed by atoms with van der Waals surface area (Å²) in [6.45, 7) is 2.07. The molecule has 7 heteroatoms. The van der Waals surface area contributed by atoms with Crippen molar-refractivity contribution in [2.45, 2.75) is 11.9 Å². The number of carbonyl (C=O) groups excluding carboxylic acids is 2. The third-order valence-electron chi connectivity index (χ3n) is 4.61. The first-order chi connectivity index (χ1) is 15.6. The van der Waals surface area contributed by atoms with Crippen LogP contribution in [-0.4, -0.2) is 34.2 Å². The van der Waals surface area contributed by atoms with E-state index in [-0.39, 0.29) is 17.6 Å². The summed E-state index contributed by atoms with van der Waals surface area (Å²) < 4.78 is 4.97. The van der Waals surface area contributed by atoms with E-state index in [1.165, 1.54) is 11.8 Å². The van der Waals surface area contributed by atoms with Crippen molar-refractivity contribution in [1.82, 2.24) is 9.97 Å². The number of para-hydroxylation sites is 2. The van der Waals surface area contributed by atoms with Crippen LogP contribution >= 0.6 is 11.8 Å². The highest BCUT2D eigenvalue weighted by Crippen LogP contribution is 2.30. The quantitative estimate of drug-likeness (QED) is 0.312. The SMILES string of the molecule is CCOC(=O)c1ccc(NC(=O)CSc2nc3ccccc3nc2-c2ccccc2)cc1. The van der Waals surface area contributed by atoms with E-state index >= 15 is 0 Å². The summed E-state index contributed by atoms with van der Waals surface area (Å²) in [4.78, 5) is 33.8. The van der Waals surface area contributed by atoms with Crippen molar-refractivity contribution in [2.24, 2.45) is 0 Å². The molecule has 0 aliphatic rings. The number of nitrogens with one attached hydrogen (secondary N) is 1. The predicted molar refractivity (Wildman–Crippen MR) is 127 cm³/mol. The van der Waals surface area contributed by atoms with Gasteiger partial charge in [-0.3, -0.25) is 4.79 Å². The lowest BCUT2D eigenvalue weighted by molar-refractivity contribution is -0.113. The summed E-state index contributed by atoms with van der Waals surface area (Å²) in [5.41, 5.74) is 4.34. The minimum atomic E-state index is -0.385. The Bertz CT molecular complexity index is 1240. The Morgan fingerprint density at radius 3 is 2.22 bits per heavy atom. The number of hydrogen-bond donors (Lipinski definition) is 1. The largest absolute Gasteiger partial charge is 0.462 e. The van der Waals surface area contributed by atoms with Crippen molar-refractivity contribution in [3.63, 3.8) is 0 Å². The molecule has 6 nitrogen and oxygen atoms in total. The van der Waals surface area contributed by atoms with Crippen LogP contribution in [0.4, 0.5) is 5.69 Å². The number of esters is 1. The molecule has 0 saturated carbocycles. The molecule has 0 fully saturated rings. The molecule has 1 amide bonds. The minimum absolute atomic E-state index is 0.173. The van der Waals surface area contributed by atoms with Crippen molar-refractivity contribution >= 4 is 40.4 Å². The molecule has 4 aromatic rings. The van der Waals surface area contributed by atoms with Crippen LogP contribution in [0.1, 0.15) is 17.3 Å². The average Bonchev–Trinajstić information content (AvgIpc) is 2.83. The van der Waals surface area contributed by atoms with Crippen molar-refractivity contribution in [1.29, 1.82) is 0 Å². The second kappa shape index (κ2) is 10.1. The maximum absolute atomic E-state index is 12.5. The molecule has 160 valence electrons. The van der Waals surface area contributed by atoms with Crippen LogP contribution in [-0.2, 0) is 9.53 Å². The molecule has 0 unspecified atom stereocenters. The molecule has 1 heterocycles. The summed E-state index contributed by atoms with van der Waals surface area (Å²) >= 11 is 1.34. The fraction of sp³-hybridized carbons (Fsp3) is 0.120. The van der Waals surface area contributed by atoms with Crippen molar-refractivity contribution < 1.29 is 14.3 Å². The smallest absolute Gasteiger partial charge is 0.338 e. The monoisotopic (exact) mass is 443 g/mol. The molecule has 0 bridgehead atoms. The van der Waals surface area contributed by atoms with Gasteiger partial charge in [0.2, 0.25) is 5.91 Å². The Morgan fingerprint density at radius 1 is 0.875 bits per heavy atom. The lowest BCUT2D eigenvalue weighted by atomic mass is 10.1. The summed E-state index contributed by atoms with van der Waals surface area (Å²) in [5, 5.41) is 3.54. The summed E-state index contributed by atoms with van der Waals surface area (Å²) in [5.74, 6) is -0.385. The minimum Gasteiger partial charge on any atom is -0.462 e. The third kappa shape index (κ3) is 5.12. The van der Waals surface area contributed by atoms with Gasteiger partial charge in [0.15, 0.2) is 0 Å². The normalized spacial score (nSPS) is 10.7. The van der Waals surface area contributed by atoms with Crippen LogP contribution < -0.4 is 5.32 Å². The van der Waals surface area contributed by atoms with Crippen molar-refractivity contribution in [2.75, 3.05) is 17.7 Å². The van der Waals surface area contributed by atoms with Crippen LogP contribution in [0.3, 0.4) is 0 Å². The Balaban J connectivity index is 1.49. The number of carbonyl (C=O) groups is 2. The maximum atomic E-state index is 12.5. The Labute approximate surface area is 190 Å². The Hall–Kier alpha value is -3.71. The van der Waals surface area contributed by atoms with Gasteiger partial charge in [-0.25, -0.2) is 14.8 Å². The van der Waals surface area contributed by atoms with Crippen LogP contribution in [0.15, 0.2) is 83.9 Å². The number of hydrogen-bond acceptors (Lipinski definition) is 6. The number of anilines is 1. The molecule has 0 spiro atoms. The van der Waals surface area contributed by atoms with E-state index in [4.69, 9.17) is 14.7 Å². The van der Waals surface area contributed by atoms with Crippen LogP contribution in [0.2, 0.25) is 0 Å². The van der Waals surface area contributed by atoms with Crippen molar-refractivity contribution in [3.05, 3.63) is 84.4 Å². The molecule has 1 N–H and O–H groups in total. The van der Waals surface area contributed by atoms with E-state index in [1.807, 2.05) is 54.6 Å². The van der Waals surface area contributed by atoms with Gasteiger partial charge in [0.25, 0.3) is 0 Å². The van der Waals surface area contributed by atoms with Gasteiger partial charge in [0, 0.05) is 11.3 Å². The van der Waals surface area contributed by atoms with Gasteiger partial charge in [-0.1, -0.05) is 54.2 Å². The number of nitrogens with zero attached hydrogens (tertiary/aromatic N) is 2. The topological polar surface area (TPSA) is 81.2 Å². The lowest BCUT2D eigenvalue weighted by Crippen LogP contribution is -2.14. The molecular formula is C25H21N3O3S. The Morgan fingerprint density at radius 2 is 1.53 bits per heavy atom. The first kappa shape index (κ1) is 21.5. The fourth-order valence-electron chi connectivity index (χ4n) is 3.10. The number of thioether (sulfide) groups is 1. The molecule has 1 aromatic heterocycles. The van der Waals surface area contributed by atoms with Crippen LogP contribution in [0, 0.1) is 0 Å². The average molecular weight is 444 g/mol. The van der Waals surface area contributed by atoms with E-state index in [1.54, 1.807) is 31.2 Å². The highest BCUT2D eigenvalue weighted by molar-refractivity contribution is 8.00. The number of benzene rings is 3. The zero-order valence-corrected chi connectivity index (χ0v) is 18.3. The van der Waals surface area contributed by atoms with Crippen LogP contribution in [0.25, 0.3) is 22.3 Å². The summed E-state index contributed by atoms with van der Waals surface area (Å²) in [7, 11) is 0. The molecular weight excluding hydrogens is 422 g/mol. The van der Waals surface area contributed by atoms with Gasteiger partial charge in [0.1, 0.15) is 10.7 Å². The zero-order chi connectivity index (χ0) is 22.3. The van der Waals surface area contributed by atoms with E-state index in [9.17, 15) is 9.59 Å². The van der Waals surface area contributed by atoms with E-state index in [2.05, 4.69) is 5.32 Å². The summed E-state index contributed by atoms with van der Waals surface area (Å²) in [6, 6.07) is 24.1. The van der Waals surface area contributed by atoms with Gasteiger partial charge in [-0.05, 0) is 43.3 Å². The molecule has 0 aliphatic carbocycles. The van der Waals surface area contributed by atoms with E-state index in [0.717, 1.165) is 22.3 Å². The van der Waals surface area contributed by atoms with Gasteiger partial charge in [0.05, 0.1) is 29.0 Å². The fourth-order valence-corrected chi connectivity index (χ4v) is 3.91. The van der Waals surface area contributed by atoms with Crippen molar-refractivity contribution in [3.8, 4) is 11.3 Å². The molecule has 3 aromatic carbocycles. The van der Waals surface area contributed by atoms with E-state index in [0.29, 0.717) is 22.9 Å². The van der Waals surface area contributed by atoms with Gasteiger partial charge < -0.3 is 10.1 Å². The highest BCUT2D eigenvalue weighted by Gasteiger charge is 2.14. The molecule has 0 radical (unpaired) electrons. The van der Waals surface area contributed by atoms with Gasteiger partial charge in [-0.15, -0.1) is 0 Å². The first-order valence-corrected chi connectivity index (χ1v) is 11.1. The molecule has 4 rings (SSSR count). The molecule has 0 atom stereocenters. The number of fused-ring (bicyclic) bond motifs is 1. The standard InChI is InChI=1S/C25H21N3O3S/c1-2-31-25(30)18-12-14-19(15-13-18)26-22(29)16-32-24-23(17-8-4-3-5-9-17)27-20-10-6-7-11-21(20)28-24/h3-15H,2,16H2,1H3,(H,26,29). The second-order valence-corrected chi connectivity index (χ2v) is 7.83. The van der Waals surface area contributed by atoms with E-state index < -0.39 is 0 Å². The lowest BCUT2D eigenvalue weighted by Gasteiger charge is -2.10. The molecule has 0 saturated heterocycles. The second-order valence-electron chi connectivity index (χ2n) is 6.87. The number of amides is 1. The van der Waals surface area contributed by atoms with Gasteiger partial charge in [-0.2, -0.15) is 0 Å². The number of ether oxygens (including phenoxy) is 1. The van der Waals surface area contributed by atoms with Crippen LogP contribution in [0.5, 0.6) is 0 Å². The third-order valence-corrected chi connectivity index (χ3v) is 5.57. The number of rotatable bonds is 7. The molecule has 32 heavy (non-hydrogen) atoms. The summed E-state index contributed by atoms with van der Waals surface area (Å²) in [6.07, 6.45) is 0.